The lowest BCUT2D eigenvalue weighted by Crippen LogP contribution is -2.46. The van der Waals surface area contributed by atoms with E-state index >= 15 is 0 Å². The maximum Gasteiger partial charge on any atom is 0.410 e. The van der Waals surface area contributed by atoms with Crippen LogP contribution in [0.3, 0.4) is 0 Å². The highest BCUT2D eigenvalue weighted by Crippen LogP contribution is 2.34. The first-order chi connectivity index (χ1) is 12.1. The number of piperidine rings is 1. The van der Waals surface area contributed by atoms with Crippen LogP contribution in [0.15, 0.2) is 12.4 Å². The molecule has 0 aliphatic carbocycles. The van der Waals surface area contributed by atoms with Gasteiger partial charge in [-0.25, -0.2) is 9.48 Å². The fourth-order valence-corrected chi connectivity index (χ4v) is 2.96. The third-order valence-corrected chi connectivity index (χ3v) is 4.10. The summed E-state index contributed by atoms with van der Waals surface area (Å²) >= 11 is 0. The summed E-state index contributed by atoms with van der Waals surface area (Å²) in [7, 11) is 0. The van der Waals surface area contributed by atoms with Gasteiger partial charge in [0.1, 0.15) is 5.60 Å². The van der Waals surface area contributed by atoms with Crippen LogP contribution in [0.4, 0.5) is 13.6 Å². The SMILES string of the molecule is CCOC(=O)[C@H]1CCN(C(=O)OC(C)(C)C)C[C@H]1c1cnn(C(F)F)c1. The number of hydrogen-bond acceptors (Lipinski definition) is 5. The Morgan fingerprint density at radius 1 is 1.38 bits per heavy atom. The predicted octanol–water partition coefficient (Wildman–Crippen LogP) is 3.18. The van der Waals surface area contributed by atoms with Gasteiger partial charge in [0.25, 0.3) is 0 Å². The zero-order chi connectivity index (χ0) is 19.5. The molecular weight excluding hydrogens is 348 g/mol. The van der Waals surface area contributed by atoms with E-state index in [1.165, 1.54) is 17.3 Å². The van der Waals surface area contributed by atoms with Gasteiger partial charge < -0.3 is 14.4 Å². The van der Waals surface area contributed by atoms with E-state index < -0.39 is 36.0 Å². The number of aromatic nitrogens is 2. The van der Waals surface area contributed by atoms with Crippen LogP contribution in [0, 0.1) is 5.92 Å². The number of nitrogens with zero attached hydrogens (tertiary/aromatic N) is 3. The van der Waals surface area contributed by atoms with Crippen LogP contribution in [0.25, 0.3) is 0 Å². The molecule has 2 atom stereocenters. The molecule has 146 valence electrons. The van der Waals surface area contributed by atoms with Gasteiger partial charge in [0.15, 0.2) is 0 Å². The molecule has 0 bridgehead atoms. The molecule has 0 saturated carbocycles. The summed E-state index contributed by atoms with van der Waals surface area (Å²) in [5, 5.41) is 3.64. The second-order valence-electron chi connectivity index (χ2n) is 7.21. The van der Waals surface area contributed by atoms with Gasteiger partial charge in [-0.05, 0) is 39.7 Å². The summed E-state index contributed by atoms with van der Waals surface area (Å²) in [6.45, 7) is 4.97. The fraction of sp³-hybridized carbons (Fsp3) is 0.706. The van der Waals surface area contributed by atoms with Crippen LogP contribution in [-0.4, -0.2) is 52.0 Å². The van der Waals surface area contributed by atoms with Crippen LogP contribution < -0.4 is 0 Å². The molecule has 1 amide bonds. The van der Waals surface area contributed by atoms with Crippen molar-refractivity contribution in [3.05, 3.63) is 18.0 Å². The number of esters is 1. The Morgan fingerprint density at radius 3 is 2.62 bits per heavy atom. The van der Waals surface area contributed by atoms with Gasteiger partial charge >= 0.3 is 18.6 Å². The number of hydrogen-bond donors (Lipinski definition) is 0. The minimum absolute atomic E-state index is 0.174. The largest absolute Gasteiger partial charge is 0.466 e. The summed E-state index contributed by atoms with van der Waals surface area (Å²) in [4.78, 5) is 26.1. The number of likely N-dealkylation sites (tertiary alicyclic amines) is 1. The van der Waals surface area contributed by atoms with Gasteiger partial charge in [-0.15, -0.1) is 0 Å². The highest BCUT2D eigenvalue weighted by molar-refractivity contribution is 5.75. The van der Waals surface area contributed by atoms with Crippen LogP contribution in [0.1, 0.15) is 52.1 Å². The Kier molecular flexibility index (Phi) is 6.20. The Morgan fingerprint density at radius 2 is 2.08 bits per heavy atom. The van der Waals surface area contributed by atoms with E-state index in [1.807, 2.05) is 0 Å². The number of carbonyl (C=O) groups is 2. The Hall–Kier alpha value is -2.19. The van der Waals surface area contributed by atoms with Gasteiger partial charge in [0, 0.05) is 25.2 Å². The third kappa shape index (κ3) is 4.92. The number of ether oxygens (including phenoxy) is 2. The lowest BCUT2D eigenvalue weighted by atomic mass is 9.82. The van der Waals surface area contributed by atoms with Crippen molar-refractivity contribution in [3.63, 3.8) is 0 Å². The van der Waals surface area contributed by atoms with E-state index in [9.17, 15) is 18.4 Å². The molecule has 1 aliphatic heterocycles. The molecule has 1 fully saturated rings. The van der Waals surface area contributed by atoms with E-state index in [1.54, 1.807) is 27.7 Å². The molecule has 0 unspecified atom stereocenters. The lowest BCUT2D eigenvalue weighted by Gasteiger charge is -2.37. The molecule has 9 heteroatoms. The normalized spacial score (nSPS) is 21.0. The van der Waals surface area contributed by atoms with Crippen molar-refractivity contribution >= 4 is 12.1 Å². The maximum atomic E-state index is 12.8. The zero-order valence-corrected chi connectivity index (χ0v) is 15.4. The van der Waals surface area contributed by atoms with Gasteiger partial charge in [-0.3, -0.25) is 4.79 Å². The first-order valence-corrected chi connectivity index (χ1v) is 8.59. The summed E-state index contributed by atoms with van der Waals surface area (Å²) in [6.07, 6.45) is 2.38. The van der Waals surface area contributed by atoms with Crippen molar-refractivity contribution in [2.75, 3.05) is 19.7 Å². The first kappa shape index (κ1) is 20.1. The van der Waals surface area contributed by atoms with Gasteiger partial charge in [-0.1, -0.05) is 0 Å². The van der Waals surface area contributed by atoms with Crippen molar-refractivity contribution < 1.29 is 27.8 Å². The quantitative estimate of drug-likeness (QED) is 0.758. The number of halogens is 2. The predicted molar refractivity (Wildman–Crippen MR) is 88.8 cm³/mol. The van der Waals surface area contributed by atoms with Gasteiger partial charge in [-0.2, -0.15) is 13.9 Å². The maximum absolute atomic E-state index is 12.8. The molecule has 0 aromatic carbocycles. The smallest absolute Gasteiger partial charge is 0.410 e. The first-order valence-electron chi connectivity index (χ1n) is 8.59. The van der Waals surface area contributed by atoms with Crippen LogP contribution >= 0.6 is 0 Å². The molecular formula is C17H25F2N3O4. The van der Waals surface area contributed by atoms with E-state index in [4.69, 9.17) is 9.47 Å². The van der Waals surface area contributed by atoms with E-state index in [-0.39, 0.29) is 13.2 Å². The standard InChI is InChI=1S/C17H25F2N3O4/c1-5-25-14(23)12-6-7-21(16(24)26-17(2,3)4)10-13(12)11-8-20-22(9-11)15(18)19/h8-9,12-13,15H,5-7,10H2,1-4H3/t12-,13-/m0/s1. The molecule has 1 saturated heterocycles. The average molecular weight is 373 g/mol. The number of rotatable bonds is 4. The van der Waals surface area contributed by atoms with Gasteiger partial charge in [0.05, 0.1) is 18.7 Å². The monoisotopic (exact) mass is 373 g/mol. The Labute approximate surface area is 151 Å². The average Bonchev–Trinajstić information content (AvgIpc) is 3.03. The Bertz CT molecular complexity index is 642. The van der Waals surface area contributed by atoms with Crippen molar-refractivity contribution in [1.29, 1.82) is 0 Å². The summed E-state index contributed by atoms with van der Waals surface area (Å²) in [5.74, 6) is -1.40. The minimum atomic E-state index is -2.77. The minimum Gasteiger partial charge on any atom is -0.466 e. The fourth-order valence-electron chi connectivity index (χ4n) is 2.96. The molecule has 1 aromatic heterocycles. The van der Waals surface area contributed by atoms with Crippen molar-refractivity contribution in [2.45, 2.75) is 52.2 Å². The van der Waals surface area contributed by atoms with Crippen molar-refractivity contribution in [1.82, 2.24) is 14.7 Å². The second kappa shape index (κ2) is 8.01. The highest BCUT2D eigenvalue weighted by atomic mass is 19.3. The molecule has 26 heavy (non-hydrogen) atoms. The van der Waals surface area contributed by atoms with Crippen LogP contribution in [-0.2, 0) is 14.3 Å². The molecule has 2 heterocycles. The number of carbonyl (C=O) groups excluding carboxylic acids is 2. The molecule has 1 aromatic rings. The topological polar surface area (TPSA) is 73.7 Å². The zero-order valence-electron chi connectivity index (χ0n) is 15.4. The summed E-state index contributed by atoms with van der Waals surface area (Å²) in [6, 6.07) is 0. The molecule has 0 spiro atoms. The van der Waals surface area contributed by atoms with Crippen LogP contribution in [0.2, 0.25) is 0 Å². The molecule has 7 nitrogen and oxygen atoms in total. The van der Waals surface area contributed by atoms with Crippen molar-refractivity contribution in [3.8, 4) is 0 Å². The molecule has 1 aliphatic rings. The number of alkyl halides is 2. The highest BCUT2D eigenvalue weighted by Gasteiger charge is 2.39. The summed E-state index contributed by atoms with van der Waals surface area (Å²) in [5.41, 5.74) is -0.179. The van der Waals surface area contributed by atoms with E-state index in [0.717, 1.165) is 0 Å². The molecule has 0 radical (unpaired) electrons. The van der Waals surface area contributed by atoms with Crippen molar-refractivity contribution in [2.24, 2.45) is 5.92 Å². The Balaban J connectivity index is 2.22. The molecule has 2 rings (SSSR count). The second-order valence-corrected chi connectivity index (χ2v) is 7.21. The third-order valence-electron chi connectivity index (χ3n) is 4.10. The molecule has 0 N–H and O–H groups in total. The van der Waals surface area contributed by atoms with E-state index in [0.29, 0.717) is 23.2 Å². The van der Waals surface area contributed by atoms with Gasteiger partial charge in [0.2, 0.25) is 0 Å². The number of amides is 1. The summed E-state index contributed by atoms with van der Waals surface area (Å²) < 4.78 is 36.7. The lowest BCUT2D eigenvalue weighted by molar-refractivity contribution is -0.150. The van der Waals surface area contributed by atoms with E-state index in [2.05, 4.69) is 5.10 Å². The van der Waals surface area contributed by atoms with Crippen LogP contribution in [0.5, 0.6) is 0 Å².